The molecule has 0 spiro atoms. The molecule has 5 rings (SSSR count). The lowest BCUT2D eigenvalue weighted by molar-refractivity contribution is -0.139. The molecule has 3 aromatic rings. The maximum Gasteiger partial charge on any atom is 0.226 e. The molecule has 0 N–H and O–H groups in total. The Labute approximate surface area is 198 Å². The molecule has 7 heteroatoms. The number of amides is 1. The van der Waals surface area contributed by atoms with Gasteiger partial charge in [0.25, 0.3) is 0 Å². The Hall–Kier alpha value is -2.18. The molecule has 5 nitrogen and oxygen atoms in total. The lowest BCUT2D eigenvalue weighted by Gasteiger charge is -2.37. The van der Waals surface area contributed by atoms with E-state index in [0.29, 0.717) is 11.9 Å². The molecule has 1 aromatic carbocycles. The average Bonchev–Trinajstić information content (AvgIpc) is 3.59. The summed E-state index contributed by atoms with van der Waals surface area (Å²) in [6, 6.07) is 8.37. The van der Waals surface area contributed by atoms with Crippen LogP contribution in [0.4, 0.5) is 5.82 Å². The monoisotopic (exact) mass is 468 g/mol. The smallest absolute Gasteiger partial charge is 0.226 e. The van der Waals surface area contributed by atoms with Gasteiger partial charge in [-0.3, -0.25) is 4.79 Å². The second-order valence-corrected chi connectivity index (χ2v) is 10.8. The summed E-state index contributed by atoms with van der Waals surface area (Å²) >= 11 is 7.80. The number of carbonyl (C=O) groups excluding carboxylic acids is 1. The second kappa shape index (κ2) is 8.64. The van der Waals surface area contributed by atoms with Crippen LogP contribution in [0, 0.1) is 19.8 Å². The van der Waals surface area contributed by atoms with Gasteiger partial charge in [0.2, 0.25) is 5.91 Å². The molecule has 1 saturated carbocycles. The molecule has 3 heterocycles. The minimum Gasteiger partial charge on any atom is -0.356 e. The van der Waals surface area contributed by atoms with Gasteiger partial charge < -0.3 is 9.80 Å². The van der Waals surface area contributed by atoms with Crippen LogP contribution in [0.15, 0.2) is 30.6 Å². The van der Waals surface area contributed by atoms with Gasteiger partial charge in [0, 0.05) is 34.9 Å². The van der Waals surface area contributed by atoms with Crippen LogP contribution in [0.2, 0.25) is 5.02 Å². The van der Waals surface area contributed by atoms with Gasteiger partial charge in [0.05, 0.1) is 11.4 Å². The van der Waals surface area contributed by atoms with E-state index < -0.39 is 0 Å². The number of hydrogen-bond donors (Lipinski definition) is 0. The van der Waals surface area contributed by atoms with E-state index in [4.69, 9.17) is 11.6 Å². The van der Waals surface area contributed by atoms with Crippen molar-refractivity contribution in [2.24, 2.45) is 5.92 Å². The Balaban J connectivity index is 1.31. The quantitative estimate of drug-likeness (QED) is 0.465. The van der Waals surface area contributed by atoms with Gasteiger partial charge in [-0.1, -0.05) is 23.7 Å². The van der Waals surface area contributed by atoms with Gasteiger partial charge in [0.15, 0.2) is 0 Å². The van der Waals surface area contributed by atoms with Crippen LogP contribution in [0.3, 0.4) is 0 Å². The third kappa shape index (κ3) is 3.99. The zero-order chi connectivity index (χ0) is 22.4. The molecule has 1 saturated heterocycles. The lowest BCUT2D eigenvalue weighted by atomic mass is 9.93. The number of benzene rings is 1. The van der Waals surface area contributed by atoms with Crippen molar-refractivity contribution in [2.75, 3.05) is 18.0 Å². The molecular weight excluding hydrogens is 440 g/mol. The summed E-state index contributed by atoms with van der Waals surface area (Å²) in [5, 5.41) is 1.91. The van der Waals surface area contributed by atoms with Gasteiger partial charge in [-0.25, -0.2) is 9.97 Å². The molecule has 0 bridgehead atoms. The SMILES string of the molecule is Cc1sc2ncnc(N3CCC(C(=O)N(C4CC4)C(C)c4ccc(Cl)cc4)CC3)c2c1C. The van der Waals surface area contributed by atoms with Crippen molar-refractivity contribution >= 4 is 44.9 Å². The zero-order valence-corrected chi connectivity index (χ0v) is 20.4. The first kappa shape index (κ1) is 21.7. The highest BCUT2D eigenvalue weighted by molar-refractivity contribution is 7.18. The number of hydrogen-bond acceptors (Lipinski definition) is 5. The fourth-order valence-electron chi connectivity index (χ4n) is 4.89. The Morgan fingerprint density at radius 3 is 2.47 bits per heavy atom. The number of piperidine rings is 1. The molecule has 2 aromatic heterocycles. The van der Waals surface area contributed by atoms with Gasteiger partial charge in [0.1, 0.15) is 17.0 Å². The number of rotatable bonds is 5. The van der Waals surface area contributed by atoms with Crippen LogP contribution in [-0.4, -0.2) is 39.9 Å². The Kier molecular flexibility index (Phi) is 5.84. The fraction of sp³-hybridized carbons (Fsp3) is 0.480. The van der Waals surface area contributed by atoms with Crippen molar-refractivity contribution in [3.63, 3.8) is 0 Å². The molecule has 168 valence electrons. The largest absolute Gasteiger partial charge is 0.356 e. The summed E-state index contributed by atoms with van der Waals surface area (Å²) in [5.41, 5.74) is 2.43. The maximum absolute atomic E-state index is 13.6. The number of aryl methyl sites for hydroxylation is 2. The number of fused-ring (bicyclic) bond motifs is 1. The molecule has 0 radical (unpaired) electrons. The molecule has 1 aliphatic heterocycles. The molecule has 2 fully saturated rings. The Bertz CT molecular complexity index is 1130. The number of anilines is 1. The van der Waals surface area contributed by atoms with Crippen molar-refractivity contribution in [3.05, 3.63) is 51.6 Å². The minimum atomic E-state index is 0.0724. The lowest BCUT2D eigenvalue weighted by Crippen LogP contribution is -2.44. The third-order valence-electron chi connectivity index (χ3n) is 7.05. The molecule has 1 unspecified atom stereocenters. The number of nitrogens with zero attached hydrogens (tertiary/aromatic N) is 4. The van der Waals surface area contributed by atoms with Crippen molar-refractivity contribution < 1.29 is 4.79 Å². The van der Waals surface area contributed by atoms with Gasteiger partial charge in [-0.2, -0.15) is 0 Å². The van der Waals surface area contributed by atoms with E-state index in [1.807, 2.05) is 24.3 Å². The molecule has 2 aliphatic rings. The summed E-state index contributed by atoms with van der Waals surface area (Å²) < 4.78 is 0. The predicted molar refractivity (Wildman–Crippen MR) is 132 cm³/mol. The normalized spacial score (nSPS) is 18.2. The van der Waals surface area contributed by atoms with E-state index >= 15 is 0 Å². The second-order valence-electron chi connectivity index (χ2n) is 9.13. The maximum atomic E-state index is 13.6. The zero-order valence-electron chi connectivity index (χ0n) is 18.8. The van der Waals surface area contributed by atoms with Crippen LogP contribution in [0.1, 0.15) is 54.7 Å². The highest BCUT2D eigenvalue weighted by Crippen LogP contribution is 2.39. The van der Waals surface area contributed by atoms with Gasteiger partial charge in [-0.15, -0.1) is 11.3 Å². The third-order valence-corrected chi connectivity index (χ3v) is 8.42. The number of thiophene rings is 1. The van der Waals surface area contributed by atoms with Crippen LogP contribution in [0.25, 0.3) is 10.2 Å². The van der Waals surface area contributed by atoms with Crippen molar-refractivity contribution in [1.29, 1.82) is 0 Å². The highest BCUT2D eigenvalue weighted by atomic mass is 35.5. The Morgan fingerprint density at radius 2 is 1.81 bits per heavy atom. The first-order valence-electron chi connectivity index (χ1n) is 11.5. The van der Waals surface area contributed by atoms with Crippen LogP contribution >= 0.6 is 22.9 Å². The average molecular weight is 469 g/mol. The summed E-state index contributed by atoms with van der Waals surface area (Å²) in [5.74, 6) is 1.41. The van der Waals surface area contributed by atoms with Gasteiger partial charge in [-0.05, 0) is 69.7 Å². The molecule has 1 atom stereocenters. The van der Waals surface area contributed by atoms with Crippen molar-refractivity contribution in [3.8, 4) is 0 Å². The Morgan fingerprint density at radius 1 is 1.12 bits per heavy atom. The first-order valence-corrected chi connectivity index (χ1v) is 12.7. The van der Waals surface area contributed by atoms with E-state index in [2.05, 4.69) is 40.5 Å². The number of aromatic nitrogens is 2. The van der Waals surface area contributed by atoms with E-state index in [0.717, 1.165) is 60.0 Å². The van der Waals surface area contributed by atoms with Crippen LogP contribution < -0.4 is 4.90 Å². The van der Waals surface area contributed by atoms with Gasteiger partial charge >= 0.3 is 0 Å². The summed E-state index contributed by atoms with van der Waals surface area (Å²) in [7, 11) is 0. The topological polar surface area (TPSA) is 49.3 Å². The molecule has 1 aliphatic carbocycles. The van der Waals surface area contributed by atoms with E-state index in [1.54, 1.807) is 17.7 Å². The number of halogens is 1. The summed E-state index contributed by atoms with van der Waals surface area (Å²) in [6.07, 6.45) is 5.62. The van der Waals surface area contributed by atoms with Crippen LogP contribution in [-0.2, 0) is 4.79 Å². The van der Waals surface area contributed by atoms with E-state index in [1.165, 1.54) is 15.8 Å². The fourth-order valence-corrected chi connectivity index (χ4v) is 6.01. The summed E-state index contributed by atoms with van der Waals surface area (Å²) in [6.45, 7) is 8.15. The standard InChI is InChI=1S/C25H29ClN4OS/c1-15-17(3)32-24-22(15)23(27-14-28-24)29-12-10-19(11-13-29)25(31)30(21-8-9-21)16(2)18-4-6-20(26)7-5-18/h4-7,14,16,19,21H,8-13H2,1-3H3. The van der Waals surface area contributed by atoms with Crippen LogP contribution in [0.5, 0.6) is 0 Å². The highest BCUT2D eigenvalue weighted by Gasteiger charge is 2.40. The van der Waals surface area contributed by atoms with Crippen molar-refractivity contribution in [2.45, 2.75) is 58.5 Å². The van der Waals surface area contributed by atoms with Crippen molar-refractivity contribution in [1.82, 2.24) is 14.9 Å². The minimum absolute atomic E-state index is 0.0724. The predicted octanol–water partition coefficient (Wildman–Crippen LogP) is 5.93. The summed E-state index contributed by atoms with van der Waals surface area (Å²) in [4.78, 5) is 29.6. The number of carbonyl (C=O) groups is 1. The van der Waals surface area contributed by atoms with E-state index in [-0.39, 0.29) is 12.0 Å². The molecular formula is C25H29ClN4OS. The first-order chi connectivity index (χ1) is 15.4. The molecule has 32 heavy (non-hydrogen) atoms. The molecule has 1 amide bonds. The van der Waals surface area contributed by atoms with E-state index in [9.17, 15) is 4.79 Å².